The normalized spacial score (nSPS) is 11.1. The second kappa shape index (κ2) is 5.91. The predicted octanol–water partition coefficient (Wildman–Crippen LogP) is 4.09. The van der Waals surface area contributed by atoms with Gasteiger partial charge in [0.1, 0.15) is 17.6 Å². The van der Waals surface area contributed by atoms with Gasteiger partial charge < -0.3 is 9.72 Å². The number of nitrogens with one attached hydrogen (secondary N) is 1. The maximum Gasteiger partial charge on any atom is 0.156 e. The highest BCUT2D eigenvalue weighted by molar-refractivity contribution is 9.10. The molecule has 0 spiro atoms. The molecule has 0 aliphatic heterocycles. The van der Waals surface area contributed by atoms with Crippen LogP contribution in [0.5, 0.6) is 0 Å². The summed E-state index contributed by atoms with van der Waals surface area (Å²) < 4.78 is 6.48. The maximum atomic E-state index is 6.11. The number of hydrogen-bond acceptors (Lipinski definition) is 3. The van der Waals surface area contributed by atoms with Gasteiger partial charge in [0.15, 0.2) is 11.0 Å². The molecule has 0 unspecified atom stereocenters. The van der Waals surface area contributed by atoms with Crippen LogP contribution in [-0.4, -0.2) is 15.0 Å². The first-order valence-electron chi connectivity index (χ1n) is 6.04. The van der Waals surface area contributed by atoms with E-state index in [2.05, 4.69) is 30.9 Å². The predicted molar refractivity (Wildman–Crippen MR) is 81.5 cm³/mol. The Morgan fingerprint density at radius 3 is 2.75 bits per heavy atom. The summed E-state index contributed by atoms with van der Waals surface area (Å²) in [7, 11) is 0. The lowest BCUT2D eigenvalue weighted by molar-refractivity contribution is 0.102. The molecule has 2 heterocycles. The molecule has 0 fully saturated rings. The lowest BCUT2D eigenvalue weighted by atomic mass is 10.2. The third-order valence-corrected chi connectivity index (χ3v) is 3.70. The summed E-state index contributed by atoms with van der Waals surface area (Å²) in [5.74, 6) is 0.568. The fourth-order valence-electron chi connectivity index (χ4n) is 1.88. The van der Waals surface area contributed by atoms with Crippen molar-refractivity contribution in [3.8, 4) is 0 Å². The van der Waals surface area contributed by atoms with Gasteiger partial charge in [-0.05, 0) is 21.5 Å². The van der Waals surface area contributed by atoms with Crippen LogP contribution < -0.4 is 0 Å². The second-order valence-electron chi connectivity index (χ2n) is 4.27. The smallest absolute Gasteiger partial charge is 0.156 e. The average Bonchev–Trinajstić information content (AvgIpc) is 2.82. The van der Waals surface area contributed by atoms with E-state index in [0.717, 1.165) is 21.1 Å². The van der Waals surface area contributed by atoms with Gasteiger partial charge in [-0.15, -0.1) is 0 Å². The summed E-state index contributed by atoms with van der Waals surface area (Å²) in [6.45, 7) is 0.844. The third kappa shape index (κ3) is 2.85. The van der Waals surface area contributed by atoms with Crippen molar-refractivity contribution in [3.05, 3.63) is 57.5 Å². The van der Waals surface area contributed by atoms with E-state index in [9.17, 15) is 0 Å². The van der Waals surface area contributed by atoms with Crippen molar-refractivity contribution in [2.24, 2.45) is 0 Å². The first-order valence-corrected chi connectivity index (χ1v) is 7.22. The van der Waals surface area contributed by atoms with E-state index in [0.29, 0.717) is 24.2 Å². The van der Waals surface area contributed by atoms with Crippen LogP contribution in [0.1, 0.15) is 11.4 Å². The van der Waals surface area contributed by atoms with Crippen molar-refractivity contribution in [2.45, 2.75) is 13.2 Å². The lowest BCUT2D eigenvalue weighted by Gasteiger charge is -2.04. The molecule has 3 aromatic rings. The summed E-state index contributed by atoms with van der Waals surface area (Å²) in [4.78, 5) is 11.7. The van der Waals surface area contributed by atoms with Gasteiger partial charge in [-0.3, -0.25) is 0 Å². The van der Waals surface area contributed by atoms with E-state index in [1.54, 1.807) is 6.20 Å². The molecule has 0 aliphatic carbocycles. The standard InChI is InChI=1S/C14H11BrClN3O/c15-10-6-17-13-12(10)18-11(19-14(13)16)8-20-7-9-4-2-1-3-5-9/h1-6,17H,7-8H2. The SMILES string of the molecule is Clc1nc(COCc2ccccc2)nc2c(Br)c[nH]c12. The number of aromatic amines is 1. The Hall–Kier alpha value is -1.43. The lowest BCUT2D eigenvalue weighted by Crippen LogP contribution is -2.00. The van der Waals surface area contributed by atoms with E-state index in [1.165, 1.54) is 0 Å². The zero-order valence-corrected chi connectivity index (χ0v) is 12.8. The summed E-state index contributed by atoms with van der Waals surface area (Å²) in [6, 6.07) is 9.97. The molecule has 0 saturated carbocycles. The van der Waals surface area contributed by atoms with Crippen molar-refractivity contribution in [1.29, 1.82) is 0 Å². The molecule has 0 aliphatic rings. The molecule has 1 N–H and O–H groups in total. The summed E-state index contributed by atoms with van der Waals surface area (Å²) in [6.07, 6.45) is 1.79. The van der Waals surface area contributed by atoms with E-state index in [1.807, 2.05) is 30.3 Å². The average molecular weight is 353 g/mol. The number of ether oxygens (including phenoxy) is 1. The molecular weight excluding hydrogens is 342 g/mol. The highest BCUT2D eigenvalue weighted by atomic mass is 79.9. The van der Waals surface area contributed by atoms with Gasteiger partial charge in [-0.1, -0.05) is 41.9 Å². The number of rotatable bonds is 4. The van der Waals surface area contributed by atoms with Gasteiger partial charge in [0.2, 0.25) is 0 Å². The van der Waals surface area contributed by atoms with Crippen LogP contribution in [0.15, 0.2) is 41.0 Å². The number of benzene rings is 1. The fourth-order valence-corrected chi connectivity index (χ4v) is 2.52. The minimum atomic E-state index is 0.322. The van der Waals surface area contributed by atoms with Crippen molar-refractivity contribution < 1.29 is 4.74 Å². The highest BCUT2D eigenvalue weighted by Crippen LogP contribution is 2.26. The molecule has 0 atom stereocenters. The van der Waals surface area contributed by atoms with Crippen LogP contribution in [0.25, 0.3) is 11.0 Å². The van der Waals surface area contributed by atoms with E-state index < -0.39 is 0 Å². The van der Waals surface area contributed by atoms with Crippen LogP contribution in [0.3, 0.4) is 0 Å². The number of aromatic nitrogens is 3. The summed E-state index contributed by atoms with van der Waals surface area (Å²) in [5, 5.41) is 0.402. The minimum Gasteiger partial charge on any atom is -0.369 e. The Balaban J connectivity index is 1.73. The second-order valence-corrected chi connectivity index (χ2v) is 5.48. The Morgan fingerprint density at radius 2 is 1.95 bits per heavy atom. The fraction of sp³-hybridized carbons (Fsp3) is 0.143. The van der Waals surface area contributed by atoms with Crippen molar-refractivity contribution in [2.75, 3.05) is 0 Å². The molecule has 0 bridgehead atoms. The Kier molecular flexibility index (Phi) is 4.00. The van der Waals surface area contributed by atoms with Crippen molar-refractivity contribution in [3.63, 3.8) is 0 Å². The van der Waals surface area contributed by atoms with Crippen molar-refractivity contribution in [1.82, 2.24) is 15.0 Å². The molecule has 0 saturated heterocycles. The van der Waals surface area contributed by atoms with E-state index >= 15 is 0 Å². The minimum absolute atomic E-state index is 0.322. The topological polar surface area (TPSA) is 50.8 Å². The van der Waals surface area contributed by atoms with Crippen LogP contribution >= 0.6 is 27.5 Å². The molecule has 3 rings (SSSR count). The molecule has 1 aromatic carbocycles. The Labute approximate surface area is 129 Å². The first-order chi connectivity index (χ1) is 9.74. The van der Waals surface area contributed by atoms with Crippen molar-refractivity contribution >= 4 is 38.6 Å². The number of nitrogens with zero attached hydrogens (tertiary/aromatic N) is 2. The van der Waals surface area contributed by atoms with Gasteiger partial charge >= 0.3 is 0 Å². The van der Waals surface area contributed by atoms with Gasteiger partial charge in [-0.2, -0.15) is 0 Å². The maximum absolute atomic E-state index is 6.11. The zero-order valence-electron chi connectivity index (χ0n) is 10.4. The molecule has 102 valence electrons. The number of halogens is 2. The number of fused-ring (bicyclic) bond motifs is 1. The number of H-pyrrole nitrogens is 1. The van der Waals surface area contributed by atoms with Gasteiger partial charge in [0.05, 0.1) is 11.1 Å². The number of hydrogen-bond donors (Lipinski definition) is 1. The molecule has 6 heteroatoms. The van der Waals surface area contributed by atoms with Crippen LogP contribution in [0, 0.1) is 0 Å². The molecule has 0 radical (unpaired) electrons. The summed E-state index contributed by atoms with van der Waals surface area (Å²) in [5.41, 5.74) is 2.61. The molecular formula is C14H11BrClN3O. The van der Waals surface area contributed by atoms with Crippen LogP contribution in [-0.2, 0) is 18.0 Å². The van der Waals surface area contributed by atoms with E-state index in [4.69, 9.17) is 16.3 Å². The van der Waals surface area contributed by atoms with E-state index in [-0.39, 0.29) is 0 Å². The molecule has 0 amide bonds. The zero-order chi connectivity index (χ0) is 13.9. The highest BCUT2D eigenvalue weighted by Gasteiger charge is 2.10. The van der Waals surface area contributed by atoms with Gasteiger partial charge in [0.25, 0.3) is 0 Å². The molecule has 2 aromatic heterocycles. The van der Waals surface area contributed by atoms with Gasteiger partial charge in [0, 0.05) is 6.20 Å². The molecule has 20 heavy (non-hydrogen) atoms. The van der Waals surface area contributed by atoms with Crippen LogP contribution in [0.4, 0.5) is 0 Å². The molecule has 4 nitrogen and oxygen atoms in total. The van der Waals surface area contributed by atoms with Crippen LogP contribution in [0.2, 0.25) is 5.15 Å². The summed E-state index contributed by atoms with van der Waals surface area (Å²) >= 11 is 9.53. The third-order valence-electron chi connectivity index (χ3n) is 2.82. The monoisotopic (exact) mass is 351 g/mol. The largest absolute Gasteiger partial charge is 0.369 e. The quantitative estimate of drug-likeness (QED) is 0.720. The van der Waals surface area contributed by atoms with Gasteiger partial charge in [-0.25, -0.2) is 9.97 Å². The first kappa shape index (κ1) is 13.5. The Bertz CT molecular complexity index is 730. The Morgan fingerprint density at radius 1 is 1.15 bits per heavy atom.